The first-order valence-corrected chi connectivity index (χ1v) is 8.01. The van der Waals surface area contributed by atoms with Crippen LogP contribution < -0.4 is 9.47 Å². The molecule has 134 valence electrons. The lowest BCUT2D eigenvalue weighted by Crippen LogP contribution is -2.00. The summed E-state index contributed by atoms with van der Waals surface area (Å²) in [6, 6.07) is 18.0. The maximum absolute atomic E-state index is 11.8. The highest BCUT2D eigenvalue weighted by atomic mass is 16.5. The number of hydrogen-bond acceptors (Lipinski definition) is 5. The molecule has 1 heterocycles. The minimum Gasteiger partial charge on any atom is -0.497 e. The van der Waals surface area contributed by atoms with Crippen LogP contribution in [0.5, 0.6) is 11.5 Å². The fourth-order valence-electron chi connectivity index (χ4n) is 2.26. The van der Waals surface area contributed by atoms with Crippen LogP contribution in [0.3, 0.4) is 0 Å². The predicted octanol–water partition coefficient (Wildman–Crippen LogP) is 3.51. The second kappa shape index (κ2) is 9.96. The zero-order valence-corrected chi connectivity index (χ0v) is 14.8. The Morgan fingerprint density at radius 2 is 1.58 bits per heavy atom. The van der Waals surface area contributed by atoms with Crippen LogP contribution in [-0.4, -0.2) is 30.1 Å². The van der Waals surface area contributed by atoms with Gasteiger partial charge in [-0.2, -0.15) is 0 Å². The van der Waals surface area contributed by atoms with Crippen LogP contribution in [0.1, 0.15) is 21.5 Å². The Hall–Kier alpha value is -3.18. The molecule has 1 aromatic heterocycles. The third kappa shape index (κ3) is 5.16. The standard InChI is InChI=1S/C12H9NO.C9H12O3/c14-12(10-4-2-1-3-5-10)11-6-8-13-9-7-11;1-11-8-3-4-9(12-2)7(5-8)6-10/h1-9H;3-5,10H,6H2,1-2H3. The van der Waals surface area contributed by atoms with E-state index in [1.807, 2.05) is 30.3 Å². The van der Waals surface area contributed by atoms with Crippen molar-refractivity contribution in [3.8, 4) is 11.5 Å². The van der Waals surface area contributed by atoms with Crippen molar-refractivity contribution in [1.29, 1.82) is 0 Å². The molecule has 0 spiro atoms. The smallest absolute Gasteiger partial charge is 0.193 e. The number of pyridine rings is 1. The van der Waals surface area contributed by atoms with Crippen LogP contribution in [0.15, 0.2) is 73.1 Å². The van der Waals surface area contributed by atoms with E-state index >= 15 is 0 Å². The summed E-state index contributed by atoms with van der Waals surface area (Å²) in [5, 5.41) is 8.93. The van der Waals surface area contributed by atoms with Gasteiger partial charge in [0.2, 0.25) is 0 Å². The molecule has 0 bridgehead atoms. The van der Waals surface area contributed by atoms with E-state index in [4.69, 9.17) is 14.6 Å². The number of nitrogens with zero attached hydrogens (tertiary/aromatic N) is 1. The average Bonchev–Trinajstić information content (AvgIpc) is 2.74. The molecule has 0 saturated carbocycles. The highest BCUT2D eigenvalue weighted by Gasteiger charge is 2.06. The number of ether oxygens (including phenoxy) is 2. The molecule has 0 fully saturated rings. The fraction of sp³-hybridized carbons (Fsp3) is 0.143. The molecule has 0 aliphatic heterocycles. The quantitative estimate of drug-likeness (QED) is 0.713. The maximum atomic E-state index is 11.8. The maximum Gasteiger partial charge on any atom is 0.193 e. The summed E-state index contributed by atoms with van der Waals surface area (Å²) in [6.45, 7) is -0.0413. The molecule has 26 heavy (non-hydrogen) atoms. The van der Waals surface area contributed by atoms with Crippen molar-refractivity contribution in [2.24, 2.45) is 0 Å². The first-order chi connectivity index (χ1) is 12.7. The van der Waals surface area contributed by atoms with Gasteiger partial charge < -0.3 is 14.6 Å². The zero-order chi connectivity index (χ0) is 18.8. The van der Waals surface area contributed by atoms with Gasteiger partial charge in [0.1, 0.15) is 11.5 Å². The minimum absolute atomic E-state index is 0.0352. The van der Waals surface area contributed by atoms with Crippen LogP contribution in [-0.2, 0) is 6.61 Å². The van der Waals surface area contributed by atoms with E-state index in [9.17, 15) is 4.79 Å². The van der Waals surface area contributed by atoms with Gasteiger partial charge >= 0.3 is 0 Å². The Morgan fingerprint density at radius 1 is 0.923 bits per heavy atom. The third-order valence-corrected chi connectivity index (χ3v) is 3.64. The van der Waals surface area contributed by atoms with Gasteiger partial charge in [0, 0.05) is 29.1 Å². The molecule has 1 N–H and O–H groups in total. The van der Waals surface area contributed by atoms with Crippen molar-refractivity contribution >= 4 is 5.78 Å². The summed E-state index contributed by atoms with van der Waals surface area (Å²) in [7, 11) is 3.16. The van der Waals surface area contributed by atoms with Crippen LogP contribution in [0.4, 0.5) is 0 Å². The number of aliphatic hydroxyl groups excluding tert-OH is 1. The van der Waals surface area contributed by atoms with Crippen molar-refractivity contribution in [3.63, 3.8) is 0 Å². The highest BCUT2D eigenvalue weighted by Crippen LogP contribution is 2.23. The Morgan fingerprint density at radius 3 is 2.15 bits per heavy atom. The van der Waals surface area contributed by atoms with Crippen molar-refractivity contribution in [2.45, 2.75) is 6.61 Å². The third-order valence-electron chi connectivity index (χ3n) is 3.64. The topological polar surface area (TPSA) is 68.7 Å². The van der Waals surface area contributed by atoms with Crippen LogP contribution in [0.2, 0.25) is 0 Å². The molecular weight excluding hydrogens is 330 g/mol. The molecule has 2 aromatic carbocycles. The molecule has 5 nitrogen and oxygen atoms in total. The van der Waals surface area contributed by atoms with Crippen LogP contribution in [0, 0.1) is 0 Å². The molecule has 0 atom stereocenters. The molecule has 3 aromatic rings. The van der Waals surface area contributed by atoms with Crippen LogP contribution >= 0.6 is 0 Å². The van der Waals surface area contributed by atoms with Crippen molar-refractivity contribution in [1.82, 2.24) is 4.98 Å². The lowest BCUT2D eigenvalue weighted by atomic mass is 10.1. The van der Waals surface area contributed by atoms with Crippen LogP contribution in [0.25, 0.3) is 0 Å². The second-order valence-corrected chi connectivity index (χ2v) is 5.27. The summed E-state index contributed by atoms with van der Waals surface area (Å²) in [5.41, 5.74) is 2.11. The zero-order valence-electron chi connectivity index (χ0n) is 14.8. The van der Waals surface area contributed by atoms with Gasteiger partial charge in [-0.3, -0.25) is 9.78 Å². The second-order valence-electron chi connectivity index (χ2n) is 5.27. The van der Waals surface area contributed by atoms with Crippen molar-refractivity contribution in [3.05, 3.63) is 89.7 Å². The fourth-order valence-corrected chi connectivity index (χ4v) is 2.26. The normalized spacial score (nSPS) is 9.65. The Bertz CT molecular complexity index is 778. The van der Waals surface area contributed by atoms with E-state index in [0.717, 1.165) is 11.3 Å². The number of methoxy groups -OCH3 is 2. The molecular formula is C21H21NO4. The number of rotatable bonds is 5. The van der Waals surface area contributed by atoms with Gasteiger partial charge in [0.25, 0.3) is 0 Å². The van der Waals surface area contributed by atoms with Gasteiger partial charge in [0.15, 0.2) is 5.78 Å². The molecule has 3 rings (SSSR count). The van der Waals surface area contributed by atoms with Gasteiger partial charge in [-0.1, -0.05) is 30.3 Å². The van der Waals surface area contributed by atoms with Crippen molar-refractivity contribution < 1.29 is 19.4 Å². The monoisotopic (exact) mass is 351 g/mol. The molecule has 0 amide bonds. The summed E-state index contributed by atoms with van der Waals surface area (Å²) in [4.78, 5) is 15.7. The van der Waals surface area contributed by atoms with Gasteiger partial charge in [0.05, 0.1) is 20.8 Å². The number of carbonyl (C=O) groups excluding carboxylic acids is 1. The summed E-state index contributed by atoms with van der Waals surface area (Å²) < 4.78 is 10.0. The number of carbonyl (C=O) groups is 1. The molecule has 0 aliphatic rings. The summed E-state index contributed by atoms with van der Waals surface area (Å²) in [6.07, 6.45) is 3.24. The van der Waals surface area contributed by atoms with E-state index in [1.165, 1.54) is 0 Å². The number of benzene rings is 2. The number of aliphatic hydroxyl groups is 1. The number of hydrogen-bond donors (Lipinski definition) is 1. The molecule has 5 heteroatoms. The van der Waals surface area contributed by atoms with Gasteiger partial charge in [-0.05, 0) is 30.3 Å². The number of aromatic nitrogens is 1. The van der Waals surface area contributed by atoms with E-state index in [2.05, 4.69) is 4.98 Å². The molecule has 0 radical (unpaired) electrons. The van der Waals surface area contributed by atoms with E-state index in [-0.39, 0.29) is 12.4 Å². The Balaban J connectivity index is 0.000000190. The van der Waals surface area contributed by atoms with E-state index in [1.54, 1.807) is 56.9 Å². The molecule has 0 saturated heterocycles. The first-order valence-electron chi connectivity index (χ1n) is 8.01. The average molecular weight is 351 g/mol. The minimum atomic E-state index is -0.0413. The van der Waals surface area contributed by atoms with Gasteiger partial charge in [-0.25, -0.2) is 0 Å². The Kier molecular flexibility index (Phi) is 7.33. The van der Waals surface area contributed by atoms with E-state index in [0.29, 0.717) is 16.9 Å². The largest absolute Gasteiger partial charge is 0.497 e. The molecule has 0 aliphatic carbocycles. The lowest BCUT2D eigenvalue weighted by molar-refractivity contribution is 0.103. The highest BCUT2D eigenvalue weighted by molar-refractivity contribution is 6.08. The van der Waals surface area contributed by atoms with E-state index < -0.39 is 0 Å². The summed E-state index contributed by atoms with van der Waals surface area (Å²) in [5.74, 6) is 1.44. The predicted molar refractivity (Wildman–Crippen MR) is 99.6 cm³/mol. The van der Waals surface area contributed by atoms with Gasteiger partial charge in [-0.15, -0.1) is 0 Å². The first kappa shape index (κ1) is 19.1. The lowest BCUT2D eigenvalue weighted by Gasteiger charge is -2.07. The molecule has 0 unspecified atom stereocenters. The number of ketones is 1. The van der Waals surface area contributed by atoms with Crippen molar-refractivity contribution in [2.75, 3.05) is 14.2 Å². The SMILES string of the molecule is COc1ccc(OC)c(CO)c1.O=C(c1ccccc1)c1ccncc1. The summed E-state index contributed by atoms with van der Waals surface area (Å²) >= 11 is 0. The Labute approximate surface area is 152 Å².